The lowest BCUT2D eigenvalue weighted by Crippen LogP contribution is -2.21. The highest BCUT2D eigenvalue weighted by Crippen LogP contribution is 2.13. The summed E-state index contributed by atoms with van der Waals surface area (Å²) in [5, 5.41) is 0. The minimum absolute atomic E-state index is 0.331. The van der Waals surface area contributed by atoms with Crippen molar-refractivity contribution in [3.05, 3.63) is 53.2 Å². The van der Waals surface area contributed by atoms with Crippen LogP contribution in [0.4, 0.5) is 0 Å². The number of nitrogens with zero attached hydrogens (tertiary/aromatic N) is 2. The maximum absolute atomic E-state index is 5.68. The second-order valence-corrected chi connectivity index (χ2v) is 5.00. The number of hydrogen-bond donors (Lipinski definition) is 1. The molecule has 0 saturated heterocycles. The summed E-state index contributed by atoms with van der Waals surface area (Å²) in [5.41, 5.74) is 7.40. The van der Waals surface area contributed by atoms with E-state index >= 15 is 0 Å². The van der Waals surface area contributed by atoms with Crippen molar-refractivity contribution in [2.45, 2.75) is 20.0 Å². The van der Waals surface area contributed by atoms with Crippen molar-refractivity contribution in [2.24, 2.45) is 5.73 Å². The van der Waals surface area contributed by atoms with E-state index < -0.39 is 0 Å². The van der Waals surface area contributed by atoms with Gasteiger partial charge in [-0.25, -0.2) is 0 Å². The molecular weight excluding hydrogens is 258 g/mol. The number of hydrogen-bond acceptors (Lipinski definition) is 4. The van der Waals surface area contributed by atoms with Gasteiger partial charge in [0.25, 0.3) is 0 Å². The Balaban J connectivity index is 2.06. The van der Waals surface area contributed by atoms with E-state index in [1.807, 2.05) is 38.2 Å². The van der Waals surface area contributed by atoms with Crippen LogP contribution in [0.5, 0.6) is 0 Å². The number of furan rings is 1. The molecule has 0 aromatic carbocycles. The third kappa shape index (κ3) is 3.62. The molecule has 19 heavy (non-hydrogen) atoms. The van der Waals surface area contributed by atoms with Crippen molar-refractivity contribution in [1.82, 2.24) is 9.88 Å². The summed E-state index contributed by atoms with van der Waals surface area (Å²) in [6.07, 6.45) is 1.70. The average Bonchev–Trinajstić information content (AvgIpc) is 2.75. The quantitative estimate of drug-likeness (QED) is 0.848. The molecule has 0 atom stereocenters. The molecular formula is C14H17N3OS. The lowest BCUT2D eigenvalue weighted by atomic mass is 10.2. The summed E-state index contributed by atoms with van der Waals surface area (Å²) in [7, 11) is 2.02. The predicted molar refractivity (Wildman–Crippen MR) is 78.7 cm³/mol. The van der Waals surface area contributed by atoms with Crippen LogP contribution in [-0.2, 0) is 13.1 Å². The molecule has 2 rings (SSSR count). The molecule has 0 amide bonds. The lowest BCUT2D eigenvalue weighted by Gasteiger charge is -2.16. The summed E-state index contributed by atoms with van der Waals surface area (Å²) in [4.78, 5) is 6.69. The number of nitrogens with two attached hydrogens (primary N) is 1. The molecule has 100 valence electrons. The fourth-order valence-electron chi connectivity index (χ4n) is 1.97. The Hall–Kier alpha value is -1.72. The van der Waals surface area contributed by atoms with Crippen LogP contribution in [0.25, 0.3) is 0 Å². The third-order valence-electron chi connectivity index (χ3n) is 2.79. The normalized spacial score (nSPS) is 10.9. The van der Waals surface area contributed by atoms with Crippen LogP contribution in [-0.4, -0.2) is 21.9 Å². The van der Waals surface area contributed by atoms with Crippen LogP contribution in [0.15, 0.2) is 34.9 Å². The maximum atomic E-state index is 5.68. The minimum atomic E-state index is 0.331. The van der Waals surface area contributed by atoms with Gasteiger partial charge in [-0.05, 0) is 37.7 Å². The number of thiocarbonyl (C=S) groups is 1. The van der Waals surface area contributed by atoms with Crippen LogP contribution in [0.1, 0.15) is 22.8 Å². The average molecular weight is 275 g/mol. The Bertz CT molecular complexity index is 580. The maximum Gasteiger partial charge on any atom is 0.123 e. The van der Waals surface area contributed by atoms with Gasteiger partial charge in [0.15, 0.2) is 0 Å². The predicted octanol–water partition coefficient (Wildman–Crippen LogP) is 2.25. The molecule has 2 aromatic rings. The Morgan fingerprint density at radius 1 is 1.37 bits per heavy atom. The van der Waals surface area contributed by atoms with Crippen LogP contribution in [0.3, 0.4) is 0 Å². The molecule has 0 aliphatic rings. The Morgan fingerprint density at radius 2 is 2.16 bits per heavy atom. The first-order chi connectivity index (χ1) is 9.06. The van der Waals surface area contributed by atoms with E-state index in [-0.39, 0.29) is 0 Å². The molecule has 0 spiro atoms. The molecule has 4 nitrogen and oxygen atoms in total. The number of aryl methyl sites for hydroxylation is 1. The molecule has 2 N–H and O–H groups in total. The van der Waals surface area contributed by atoms with Gasteiger partial charge in [0.2, 0.25) is 0 Å². The van der Waals surface area contributed by atoms with Gasteiger partial charge < -0.3 is 10.2 Å². The molecule has 0 aliphatic heterocycles. The van der Waals surface area contributed by atoms with Crippen molar-refractivity contribution in [3.63, 3.8) is 0 Å². The van der Waals surface area contributed by atoms with Gasteiger partial charge in [0.05, 0.1) is 6.54 Å². The third-order valence-corrected chi connectivity index (χ3v) is 2.98. The molecule has 0 unspecified atom stereocenters. The highest BCUT2D eigenvalue weighted by molar-refractivity contribution is 7.80. The smallest absolute Gasteiger partial charge is 0.123 e. The lowest BCUT2D eigenvalue weighted by molar-refractivity contribution is 0.285. The minimum Gasteiger partial charge on any atom is -0.465 e. The molecule has 0 fully saturated rings. The van der Waals surface area contributed by atoms with E-state index in [0.717, 1.165) is 30.2 Å². The molecule has 0 radical (unpaired) electrons. The van der Waals surface area contributed by atoms with E-state index in [4.69, 9.17) is 22.4 Å². The van der Waals surface area contributed by atoms with E-state index in [2.05, 4.69) is 9.88 Å². The molecule has 0 saturated carbocycles. The van der Waals surface area contributed by atoms with Crippen molar-refractivity contribution in [1.29, 1.82) is 0 Å². The van der Waals surface area contributed by atoms with Crippen molar-refractivity contribution in [2.75, 3.05) is 7.05 Å². The fraction of sp³-hybridized carbons (Fsp3) is 0.286. The summed E-state index contributed by atoms with van der Waals surface area (Å²) in [6.45, 7) is 3.40. The van der Waals surface area contributed by atoms with E-state index in [1.54, 1.807) is 6.20 Å². The highest BCUT2D eigenvalue weighted by atomic mass is 32.1. The van der Waals surface area contributed by atoms with Gasteiger partial charge in [-0.2, -0.15) is 0 Å². The van der Waals surface area contributed by atoms with Gasteiger partial charge in [-0.1, -0.05) is 18.3 Å². The number of rotatable bonds is 5. The molecule has 2 heterocycles. The monoisotopic (exact) mass is 275 g/mol. The van der Waals surface area contributed by atoms with Crippen molar-refractivity contribution >= 4 is 17.2 Å². The van der Waals surface area contributed by atoms with Crippen molar-refractivity contribution in [3.8, 4) is 0 Å². The molecule has 0 aliphatic carbocycles. The zero-order valence-electron chi connectivity index (χ0n) is 11.1. The van der Waals surface area contributed by atoms with Gasteiger partial charge in [-0.3, -0.25) is 9.88 Å². The summed E-state index contributed by atoms with van der Waals surface area (Å²) >= 11 is 5.01. The molecule has 0 bridgehead atoms. The van der Waals surface area contributed by atoms with E-state index in [1.165, 1.54) is 0 Å². The largest absolute Gasteiger partial charge is 0.465 e. The number of aromatic nitrogens is 1. The second-order valence-electron chi connectivity index (χ2n) is 4.56. The van der Waals surface area contributed by atoms with Crippen LogP contribution in [0.2, 0.25) is 0 Å². The van der Waals surface area contributed by atoms with Crippen molar-refractivity contribution < 1.29 is 4.42 Å². The van der Waals surface area contributed by atoms with Gasteiger partial charge in [0.1, 0.15) is 22.2 Å². The summed E-state index contributed by atoms with van der Waals surface area (Å²) in [5.74, 6) is 1.87. The van der Waals surface area contributed by atoms with Gasteiger partial charge >= 0.3 is 0 Å². The van der Waals surface area contributed by atoms with E-state index in [9.17, 15) is 0 Å². The first-order valence-electron chi connectivity index (χ1n) is 6.04. The highest BCUT2D eigenvalue weighted by Gasteiger charge is 2.10. The Kier molecular flexibility index (Phi) is 4.29. The summed E-state index contributed by atoms with van der Waals surface area (Å²) in [6, 6.07) is 7.84. The van der Waals surface area contributed by atoms with Gasteiger partial charge in [-0.15, -0.1) is 0 Å². The first kappa shape index (κ1) is 13.7. The Labute approximate surface area is 118 Å². The topological polar surface area (TPSA) is 55.3 Å². The summed E-state index contributed by atoms with van der Waals surface area (Å²) < 4.78 is 5.56. The molecule has 5 heteroatoms. The standard InChI is InChI=1S/C14H17N3OS/c1-10-5-6-12(18-10)9-17(2)8-11-4-3-7-16-13(11)14(15)19/h3-7H,8-9H2,1-2H3,(H2,15,19). The van der Waals surface area contributed by atoms with Crippen LogP contribution in [0, 0.1) is 6.92 Å². The first-order valence-corrected chi connectivity index (χ1v) is 6.44. The Morgan fingerprint density at radius 3 is 2.79 bits per heavy atom. The zero-order valence-corrected chi connectivity index (χ0v) is 11.9. The van der Waals surface area contributed by atoms with Gasteiger partial charge in [0, 0.05) is 12.7 Å². The van der Waals surface area contributed by atoms with E-state index in [0.29, 0.717) is 10.7 Å². The zero-order chi connectivity index (χ0) is 13.8. The molecule has 2 aromatic heterocycles. The second kappa shape index (κ2) is 5.95. The van der Waals surface area contributed by atoms with Crippen LogP contribution >= 0.6 is 12.2 Å². The SMILES string of the molecule is Cc1ccc(CN(C)Cc2cccnc2C(N)=S)o1. The number of pyridine rings is 1. The fourth-order valence-corrected chi connectivity index (χ4v) is 2.15. The van der Waals surface area contributed by atoms with Crippen LogP contribution < -0.4 is 5.73 Å².